The van der Waals surface area contributed by atoms with Gasteiger partial charge in [0, 0.05) is 53.9 Å². The van der Waals surface area contributed by atoms with Crippen molar-refractivity contribution in [1.29, 1.82) is 5.41 Å². The predicted molar refractivity (Wildman–Crippen MR) is 96.4 cm³/mol. The van der Waals surface area contributed by atoms with Gasteiger partial charge in [0.05, 0.1) is 0 Å². The van der Waals surface area contributed by atoms with Crippen LogP contribution in [0.15, 0.2) is 36.5 Å². The molecule has 6 nitrogen and oxygen atoms in total. The molecule has 0 amide bonds. The molecule has 2 N–H and O–H groups in total. The van der Waals surface area contributed by atoms with Crippen LogP contribution in [0.3, 0.4) is 0 Å². The van der Waals surface area contributed by atoms with Crippen molar-refractivity contribution in [3.05, 3.63) is 47.7 Å². The standard InChI is InChI=1S/C19H19F2N3O3/c20-19(21)27-15-3-1-2-14(9-15)24-18-16(8-12(11-25)10-23-18)17(22)13-4-6-26-7-5-13/h1-3,8-11,13,19,22H,4-7H2,(H,23,24). The maximum absolute atomic E-state index is 12.4. The van der Waals surface area contributed by atoms with Crippen LogP contribution in [0.1, 0.15) is 28.8 Å². The van der Waals surface area contributed by atoms with E-state index in [-0.39, 0.29) is 11.7 Å². The smallest absolute Gasteiger partial charge is 0.387 e. The van der Waals surface area contributed by atoms with Crippen molar-refractivity contribution >= 4 is 23.5 Å². The number of alkyl halides is 2. The van der Waals surface area contributed by atoms with Gasteiger partial charge in [-0.1, -0.05) is 6.07 Å². The Hall–Kier alpha value is -2.87. The number of carbonyl (C=O) groups excluding carboxylic acids is 1. The first-order valence-electron chi connectivity index (χ1n) is 8.50. The summed E-state index contributed by atoms with van der Waals surface area (Å²) in [6.45, 7) is -1.74. The maximum Gasteiger partial charge on any atom is 0.387 e. The third kappa shape index (κ3) is 4.85. The van der Waals surface area contributed by atoms with Gasteiger partial charge in [0.1, 0.15) is 11.6 Å². The molecule has 0 unspecified atom stereocenters. The number of hydrogen-bond donors (Lipinski definition) is 2. The van der Waals surface area contributed by atoms with Crippen molar-refractivity contribution in [2.24, 2.45) is 5.92 Å². The second-order valence-corrected chi connectivity index (χ2v) is 6.11. The van der Waals surface area contributed by atoms with Gasteiger partial charge in [-0.2, -0.15) is 8.78 Å². The summed E-state index contributed by atoms with van der Waals surface area (Å²) in [5.41, 5.74) is 1.73. The molecule has 0 saturated carbocycles. The molecule has 0 spiro atoms. The van der Waals surface area contributed by atoms with E-state index in [0.29, 0.717) is 47.8 Å². The first kappa shape index (κ1) is 18.9. The Labute approximate surface area is 155 Å². The number of rotatable bonds is 7. The third-order valence-corrected chi connectivity index (χ3v) is 4.29. The van der Waals surface area contributed by atoms with E-state index >= 15 is 0 Å². The summed E-state index contributed by atoms with van der Waals surface area (Å²) in [5, 5.41) is 11.6. The molecule has 1 aromatic heterocycles. The molecular weight excluding hydrogens is 356 g/mol. The van der Waals surface area contributed by atoms with Crippen molar-refractivity contribution in [3.63, 3.8) is 0 Å². The fourth-order valence-electron chi connectivity index (χ4n) is 2.94. The molecule has 1 fully saturated rings. The van der Waals surface area contributed by atoms with E-state index in [1.54, 1.807) is 18.2 Å². The zero-order chi connectivity index (χ0) is 19.2. The van der Waals surface area contributed by atoms with Crippen LogP contribution in [0.25, 0.3) is 0 Å². The Morgan fingerprint density at radius 2 is 2.11 bits per heavy atom. The van der Waals surface area contributed by atoms with E-state index in [1.807, 2.05) is 0 Å². The van der Waals surface area contributed by atoms with Gasteiger partial charge >= 0.3 is 6.61 Å². The molecule has 1 saturated heterocycles. The number of ether oxygens (including phenoxy) is 2. The molecule has 8 heteroatoms. The summed E-state index contributed by atoms with van der Waals surface area (Å²) in [5.74, 6) is 0.406. The number of aromatic nitrogens is 1. The molecule has 27 heavy (non-hydrogen) atoms. The lowest BCUT2D eigenvalue weighted by Crippen LogP contribution is -2.24. The van der Waals surface area contributed by atoms with Crippen LogP contribution >= 0.6 is 0 Å². The lowest BCUT2D eigenvalue weighted by atomic mass is 9.90. The van der Waals surface area contributed by atoms with Crippen molar-refractivity contribution in [2.75, 3.05) is 18.5 Å². The Kier molecular flexibility index (Phi) is 6.08. The number of anilines is 2. The van der Waals surface area contributed by atoms with E-state index < -0.39 is 6.61 Å². The topological polar surface area (TPSA) is 84.3 Å². The summed E-state index contributed by atoms with van der Waals surface area (Å²) in [4.78, 5) is 15.4. The molecule has 1 aliphatic heterocycles. The lowest BCUT2D eigenvalue weighted by Gasteiger charge is -2.24. The molecule has 142 valence electrons. The molecule has 3 rings (SSSR count). The average Bonchev–Trinajstić information content (AvgIpc) is 2.68. The third-order valence-electron chi connectivity index (χ3n) is 4.29. The average molecular weight is 375 g/mol. The second kappa shape index (κ2) is 8.68. The monoisotopic (exact) mass is 375 g/mol. The van der Waals surface area contributed by atoms with Crippen LogP contribution in [0.5, 0.6) is 5.75 Å². The number of nitrogens with zero attached hydrogens (tertiary/aromatic N) is 1. The maximum atomic E-state index is 12.4. The Bertz CT molecular complexity index is 824. The van der Waals surface area contributed by atoms with Gasteiger partial charge in [0.25, 0.3) is 0 Å². The first-order valence-corrected chi connectivity index (χ1v) is 8.50. The molecule has 1 aliphatic rings. The van der Waals surface area contributed by atoms with Crippen molar-refractivity contribution in [3.8, 4) is 5.75 Å². The molecular formula is C19H19F2N3O3. The predicted octanol–water partition coefficient (Wildman–Crippen LogP) is 4.03. The minimum Gasteiger partial charge on any atom is -0.435 e. The van der Waals surface area contributed by atoms with Gasteiger partial charge in [0.15, 0.2) is 6.29 Å². The second-order valence-electron chi connectivity index (χ2n) is 6.11. The molecule has 0 radical (unpaired) electrons. The largest absolute Gasteiger partial charge is 0.435 e. The Balaban J connectivity index is 1.88. The number of halogens is 2. The summed E-state index contributed by atoms with van der Waals surface area (Å²) in [7, 11) is 0. The Morgan fingerprint density at radius 1 is 1.33 bits per heavy atom. The van der Waals surface area contributed by atoms with Gasteiger partial charge < -0.3 is 20.2 Å². The van der Waals surface area contributed by atoms with Crippen LogP contribution in [0, 0.1) is 11.3 Å². The number of hydrogen-bond acceptors (Lipinski definition) is 6. The summed E-state index contributed by atoms with van der Waals surface area (Å²) in [6.07, 6.45) is 3.52. The van der Waals surface area contributed by atoms with E-state index in [0.717, 1.165) is 12.8 Å². The quantitative estimate of drug-likeness (QED) is 0.564. The zero-order valence-electron chi connectivity index (χ0n) is 14.5. The van der Waals surface area contributed by atoms with Crippen LogP contribution in [0.4, 0.5) is 20.3 Å². The number of nitrogens with one attached hydrogen (secondary N) is 2. The highest BCUT2D eigenvalue weighted by Gasteiger charge is 2.23. The summed E-state index contributed by atoms with van der Waals surface area (Å²) < 4.78 is 34.6. The van der Waals surface area contributed by atoms with Gasteiger partial charge in [0.2, 0.25) is 0 Å². The summed E-state index contributed by atoms with van der Waals surface area (Å²) in [6, 6.07) is 7.70. The highest BCUT2D eigenvalue weighted by atomic mass is 19.3. The highest BCUT2D eigenvalue weighted by molar-refractivity contribution is 6.05. The fourth-order valence-corrected chi connectivity index (χ4v) is 2.94. The Morgan fingerprint density at radius 3 is 2.81 bits per heavy atom. The van der Waals surface area contributed by atoms with Crippen molar-refractivity contribution < 1.29 is 23.0 Å². The first-order chi connectivity index (χ1) is 13.1. The fraction of sp³-hybridized carbons (Fsp3) is 0.316. The minimum atomic E-state index is -2.91. The lowest BCUT2D eigenvalue weighted by molar-refractivity contribution is -0.0498. The molecule has 1 aromatic carbocycles. The minimum absolute atomic E-state index is 0.0107. The van der Waals surface area contributed by atoms with Gasteiger partial charge in [-0.25, -0.2) is 4.98 Å². The van der Waals surface area contributed by atoms with Gasteiger partial charge in [-0.05, 0) is 31.0 Å². The number of benzene rings is 1. The molecule has 0 atom stereocenters. The normalized spacial score (nSPS) is 14.8. The zero-order valence-corrected chi connectivity index (χ0v) is 14.5. The highest BCUT2D eigenvalue weighted by Crippen LogP contribution is 2.28. The molecule has 0 bridgehead atoms. The van der Waals surface area contributed by atoms with E-state index in [9.17, 15) is 13.6 Å². The molecule has 0 aliphatic carbocycles. The van der Waals surface area contributed by atoms with E-state index in [4.69, 9.17) is 10.1 Å². The van der Waals surface area contributed by atoms with Crippen LogP contribution < -0.4 is 10.1 Å². The van der Waals surface area contributed by atoms with Crippen LogP contribution in [0.2, 0.25) is 0 Å². The SMILES string of the molecule is N=C(c1cc(C=O)cnc1Nc1cccc(OC(F)F)c1)C1CCOCC1. The van der Waals surface area contributed by atoms with Gasteiger partial charge in [-0.15, -0.1) is 0 Å². The number of aldehydes is 1. The van der Waals surface area contributed by atoms with Crippen LogP contribution in [-0.4, -0.2) is 36.8 Å². The van der Waals surface area contributed by atoms with E-state index in [2.05, 4.69) is 15.0 Å². The van der Waals surface area contributed by atoms with Crippen molar-refractivity contribution in [2.45, 2.75) is 19.5 Å². The molecule has 2 heterocycles. The summed E-state index contributed by atoms with van der Waals surface area (Å²) >= 11 is 0. The number of pyridine rings is 1. The van der Waals surface area contributed by atoms with Crippen molar-refractivity contribution in [1.82, 2.24) is 4.98 Å². The van der Waals surface area contributed by atoms with E-state index in [1.165, 1.54) is 18.3 Å². The molecule has 2 aromatic rings. The number of carbonyl (C=O) groups is 1. The van der Waals surface area contributed by atoms with Gasteiger partial charge in [-0.3, -0.25) is 4.79 Å². The van der Waals surface area contributed by atoms with Crippen LogP contribution in [-0.2, 0) is 4.74 Å².